The second-order valence-corrected chi connectivity index (χ2v) is 8.29. The smallest absolute Gasteiger partial charge is 0.227 e. The quantitative estimate of drug-likeness (QED) is 0.613. The van der Waals surface area contributed by atoms with Gasteiger partial charge in [0.2, 0.25) is 5.78 Å². The van der Waals surface area contributed by atoms with Gasteiger partial charge in [-0.1, -0.05) is 34.1 Å². The number of hydrogen-bond donors (Lipinski definition) is 4. The summed E-state index contributed by atoms with van der Waals surface area (Å²) >= 11 is 0. The van der Waals surface area contributed by atoms with Crippen molar-refractivity contribution >= 4 is 5.78 Å². The molecule has 2 atom stereocenters. The van der Waals surface area contributed by atoms with E-state index in [9.17, 15) is 25.2 Å². The molecule has 0 aliphatic heterocycles. The highest BCUT2D eigenvalue weighted by Crippen LogP contribution is 2.59. The summed E-state index contributed by atoms with van der Waals surface area (Å²) < 4.78 is 0. The highest BCUT2D eigenvalue weighted by molar-refractivity contribution is 6.11. The molecule has 2 aliphatic carbocycles. The number of aromatic hydroxyl groups is 2. The molecule has 3 rings (SSSR count). The molecule has 1 aromatic rings. The first-order valence-electron chi connectivity index (χ1n) is 8.75. The topological polar surface area (TPSA) is 98.0 Å². The largest absolute Gasteiger partial charge is 0.504 e. The molecule has 5 heteroatoms. The third-order valence-corrected chi connectivity index (χ3v) is 6.06. The van der Waals surface area contributed by atoms with Gasteiger partial charge in [0.15, 0.2) is 17.3 Å². The Balaban J connectivity index is 2.36. The summed E-state index contributed by atoms with van der Waals surface area (Å²) in [6.45, 7) is 7.37. The first-order chi connectivity index (χ1) is 11.6. The molecule has 0 bridgehead atoms. The van der Waals surface area contributed by atoms with E-state index in [-0.39, 0.29) is 34.8 Å². The molecule has 0 heterocycles. The molecule has 4 N–H and O–H groups in total. The van der Waals surface area contributed by atoms with Crippen molar-refractivity contribution in [1.29, 1.82) is 0 Å². The molecule has 1 fully saturated rings. The van der Waals surface area contributed by atoms with E-state index in [1.54, 1.807) is 6.92 Å². The van der Waals surface area contributed by atoms with E-state index in [2.05, 4.69) is 0 Å². The number of carbonyl (C=O) groups excluding carboxylic acids is 1. The maximum Gasteiger partial charge on any atom is 0.227 e. The van der Waals surface area contributed by atoms with Crippen LogP contribution in [0.1, 0.15) is 74.4 Å². The maximum atomic E-state index is 12.9. The first-order valence-corrected chi connectivity index (χ1v) is 8.75. The Hall–Kier alpha value is -2.01. The van der Waals surface area contributed by atoms with Crippen molar-refractivity contribution in [2.45, 2.75) is 58.3 Å². The Morgan fingerprint density at radius 3 is 2.36 bits per heavy atom. The van der Waals surface area contributed by atoms with Crippen LogP contribution in [-0.4, -0.2) is 32.8 Å². The second-order valence-electron chi connectivity index (χ2n) is 8.29. The van der Waals surface area contributed by atoms with Gasteiger partial charge in [0.05, 0.1) is 0 Å². The number of carbonyl (C=O) groups is 1. The molecule has 2 aliphatic rings. The molecule has 0 saturated heterocycles. The number of fused-ring (bicyclic) bond motifs is 3. The summed E-state index contributed by atoms with van der Waals surface area (Å²) in [5.41, 5.74) is 0.473. The van der Waals surface area contributed by atoms with Gasteiger partial charge in [0, 0.05) is 34.6 Å². The molecule has 0 amide bonds. The van der Waals surface area contributed by atoms with E-state index in [1.807, 2.05) is 20.8 Å². The van der Waals surface area contributed by atoms with Crippen molar-refractivity contribution in [2.24, 2.45) is 5.41 Å². The third-order valence-electron chi connectivity index (χ3n) is 6.06. The lowest BCUT2D eigenvalue weighted by Crippen LogP contribution is -2.43. The highest BCUT2D eigenvalue weighted by atomic mass is 16.3. The van der Waals surface area contributed by atoms with Gasteiger partial charge in [-0.05, 0) is 29.9 Å². The molecule has 25 heavy (non-hydrogen) atoms. The van der Waals surface area contributed by atoms with Crippen molar-refractivity contribution in [1.82, 2.24) is 0 Å². The molecule has 1 aromatic carbocycles. The summed E-state index contributed by atoms with van der Waals surface area (Å²) in [6.07, 6.45) is 2.41. The molecule has 136 valence electrons. The summed E-state index contributed by atoms with van der Waals surface area (Å²) in [4.78, 5) is 12.9. The van der Waals surface area contributed by atoms with Crippen LogP contribution in [0.3, 0.4) is 0 Å². The number of aliphatic hydroxyl groups excluding tert-OH is 2. The molecule has 0 radical (unpaired) electrons. The van der Waals surface area contributed by atoms with Crippen molar-refractivity contribution < 1.29 is 25.2 Å². The Morgan fingerprint density at radius 1 is 1.12 bits per heavy atom. The molecule has 5 nitrogen and oxygen atoms in total. The summed E-state index contributed by atoms with van der Waals surface area (Å²) in [5, 5.41) is 41.3. The van der Waals surface area contributed by atoms with Crippen LogP contribution in [0.25, 0.3) is 0 Å². The molecule has 0 spiro atoms. The predicted molar refractivity (Wildman–Crippen MR) is 94.2 cm³/mol. The fourth-order valence-electron chi connectivity index (χ4n) is 4.84. The normalized spacial score (nSPS) is 26.2. The number of Topliss-reactive ketones (excluding diaryl/α,β-unsaturated/α-hetero) is 1. The van der Waals surface area contributed by atoms with Gasteiger partial charge < -0.3 is 20.4 Å². The monoisotopic (exact) mass is 346 g/mol. The first kappa shape index (κ1) is 17.8. The van der Waals surface area contributed by atoms with E-state index >= 15 is 0 Å². The Labute approximate surface area is 147 Å². The van der Waals surface area contributed by atoms with E-state index in [0.717, 1.165) is 12.8 Å². The SMILES string of the molecule is C[C@@H](CO)c1cc2c(c(O)c1O)[C@@]1(C)CCCC(C)(C)C1=C(O)C2=O. The van der Waals surface area contributed by atoms with Crippen molar-refractivity contribution in [3.05, 3.63) is 34.1 Å². The minimum Gasteiger partial charge on any atom is -0.504 e. The maximum absolute atomic E-state index is 12.9. The number of allylic oxidation sites excluding steroid dienone is 2. The van der Waals surface area contributed by atoms with Gasteiger partial charge in [0.1, 0.15) is 0 Å². The standard InChI is InChI=1S/C20H26O5/c1-10(9-21)11-8-12-13(16(24)14(11)22)20(4)7-5-6-19(2,3)18(20)17(25)15(12)23/h8,10,21-22,24-25H,5-7,9H2,1-4H3/t10-,20+/m0/s1. The van der Waals surface area contributed by atoms with Crippen LogP contribution in [0.2, 0.25) is 0 Å². The van der Waals surface area contributed by atoms with Gasteiger partial charge >= 0.3 is 0 Å². The number of phenols is 2. The second kappa shape index (κ2) is 5.49. The number of hydrogen-bond acceptors (Lipinski definition) is 5. The molecule has 0 unspecified atom stereocenters. The summed E-state index contributed by atoms with van der Waals surface area (Å²) in [6, 6.07) is 1.51. The lowest BCUT2D eigenvalue weighted by atomic mass is 9.54. The number of ketones is 1. The van der Waals surface area contributed by atoms with Crippen LogP contribution in [0, 0.1) is 5.41 Å². The van der Waals surface area contributed by atoms with E-state index in [0.29, 0.717) is 23.1 Å². The molecule has 1 saturated carbocycles. The fourth-order valence-corrected chi connectivity index (χ4v) is 4.84. The zero-order valence-corrected chi connectivity index (χ0v) is 15.2. The van der Waals surface area contributed by atoms with E-state index in [4.69, 9.17) is 0 Å². The third kappa shape index (κ3) is 2.29. The Bertz CT molecular complexity index is 790. The minimum atomic E-state index is -0.711. The van der Waals surface area contributed by atoms with Crippen molar-refractivity contribution in [3.63, 3.8) is 0 Å². The zero-order chi connectivity index (χ0) is 18.7. The zero-order valence-electron chi connectivity index (χ0n) is 15.2. The van der Waals surface area contributed by atoms with Crippen LogP contribution in [0.4, 0.5) is 0 Å². The lowest BCUT2D eigenvalue weighted by molar-refractivity contribution is 0.0938. The van der Waals surface area contributed by atoms with Crippen LogP contribution < -0.4 is 0 Å². The van der Waals surface area contributed by atoms with Gasteiger partial charge in [-0.15, -0.1) is 0 Å². The number of benzene rings is 1. The number of rotatable bonds is 2. The predicted octanol–water partition coefficient (Wildman–Crippen LogP) is 3.67. The highest BCUT2D eigenvalue weighted by Gasteiger charge is 2.52. The van der Waals surface area contributed by atoms with Crippen molar-refractivity contribution in [2.75, 3.05) is 6.61 Å². The van der Waals surface area contributed by atoms with Crippen LogP contribution >= 0.6 is 0 Å². The fraction of sp³-hybridized carbons (Fsp3) is 0.550. The van der Waals surface area contributed by atoms with Gasteiger partial charge in [-0.25, -0.2) is 0 Å². The van der Waals surface area contributed by atoms with Gasteiger partial charge in [-0.3, -0.25) is 4.79 Å². The number of phenolic OH excluding ortho intramolecular Hbond substituents is 2. The molecule has 0 aromatic heterocycles. The summed E-state index contributed by atoms with van der Waals surface area (Å²) in [7, 11) is 0. The lowest BCUT2D eigenvalue weighted by Gasteiger charge is -2.49. The van der Waals surface area contributed by atoms with Gasteiger partial charge in [0.25, 0.3) is 0 Å². The van der Waals surface area contributed by atoms with E-state index in [1.165, 1.54) is 6.07 Å². The Kier molecular flexibility index (Phi) is 3.91. The Morgan fingerprint density at radius 2 is 1.76 bits per heavy atom. The average Bonchev–Trinajstić information content (AvgIpc) is 2.53. The minimum absolute atomic E-state index is 0.215. The van der Waals surface area contributed by atoms with Crippen LogP contribution in [0.15, 0.2) is 17.4 Å². The summed E-state index contributed by atoms with van der Waals surface area (Å²) in [5.74, 6) is -1.82. The number of aliphatic hydroxyl groups is 2. The van der Waals surface area contributed by atoms with E-state index < -0.39 is 17.1 Å². The average molecular weight is 346 g/mol. The van der Waals surface area contributed by atoms with Crippen LogP contribution in [0.5, 0.6) is 11.5 Å². The van der Waals surface area contributed by atoms with Gasteiger partial charge in [-0.2, -0.15) is 0 Å². The van der Waals surface area contributed by atoms with Crippen molar-refractivity contribution in [3.8, 4) is 11.5 Å². The molecular formula is C20H26O5. The molecular weight excluding hydrogens is 320 g/mol. The van der Waals surface area contributed by atoms with Crippen LogP contribution in [-0.2, 0) is 5.41 Å².